The van der Waals surface area contributed by atoms with Gasteiger partial charge in [-0.2, -0.15) is 0 Å². The van der Waals surface area contributed by atoms with E-state index in [-0.39, 0.29) is 11.9 Å². The first kappa shape index (κ1) is 25.7. The molecule has 0 spiro atoms. The Bertz CT molecular complexity index is 1350. The fraction of sp³-hybridized carbons (Fsp3) is 0.250. The van der Waals surface area contributed by atoms with Gasteiger partial charge in [-0.25, -0.2) is 4.99 Å². The summed E-state index contributed by atoms with van der Waals surface area (Å²) in [6, 6.07) is 23.4. The van der Waals surface area contributed by atoms with Gasteiger partial charge in [0.15, 0.2) is 5.11 Å². The van der Waals surface area contributed by atoms with Crippen molar-refractivity contribution >= 4 is 57.8 Å². The van der Waals surface area contributed by atoms with Crippen molar-refractivity contribution in [2.75, 3.05) is 25.0 Å². The molecule has 0 bridgehead atoms. The Morgan fingerprint density at radius 2 is 1.78 bits per heavy atom. The van der Waals surface area contributed by atoms with E-state index < -0.39 is 6.17 Å². The zero-order valence-electron chi connectivity index (χ0n) is 20.3. The Kier molecular flexibility index (Phi) is 7.76. The molecule has 2 atom stereocenters. The Morgan fingerprint density at radius 1 is 1.03 bits per heavy atom. The third-order valence-electron chi connectivity index (χ3n) is 6.65. The van der Waals surface area contributed by atoms with Crippen LogP contribution in [0.4, 0.5) is 5.69 Å². The minimum Gasteiger partial charge on any atom is -0.359 e. The summed E-state index contributed by atoms with van der Waals surface area (Å²) in [5, 5.41) is 8.01. The molecule has 190 valence electrons. The number of aliphatic imine (C=N–C) groups is 1. The molecule has 1 amide bonds. The van der Waals surface area contributed by atoms with Crippen LogP contribution < -0.4 is 15.5 Å². The van der Waals surface area contributed by atoms with Gasteiger partial charge in [-0.15, -0.1) is 0 Å². The second-order valence-electron chi connectivity index (χ2n) is 9.24. The second kappa shape index (κ2) is 11.2. The maximum Gasteiger partial charge on any atom is 0.272 e. The molecule has 2 aliphatic heterocycles. The lowest BCUT2D eigenvalue weighted by molar-refractivity contribution is -0.119. The number of likely N-dealkylation sites (tertiary alicyclic amines) is 1. The molecule has 3 aromatic rings. The van der Waals surface area contributed by atoms with Crippen molar-refractivity contribution in [2.45, 2.75) is 25.2 Å². The van der Waals surface area contributed by atoms with E-state index in [0.717, 1.165) is 31.6 Å². The molecule has 5 rings (SSSR count). The SMILES string of the molecule is CN1C(=O)C(NC(=S)NC2CCN(Cc3ccccc3)C2)N=C(c2ccccc2Cl)c2cc(Cl)ccc21. The van der Waals surface area contributed by atoms with Gasteiger partial charge in [-0.3, -0.25) is 9.69 Å². The van der Waals surface area contributed by atoms with Crippen LogP contribution in [0.25, 0.3) is 0 Å². The number of amides is 1. The Hall–Kier alpha value is -2.97. The number of nitrogens with one attached hydrogen (secondary N) is 2. The highest BCUT2D eigenvalue weighted by Gasteiger charge is 2.32. The number of fused-ring (bicyclic) bond motifs is 1. The minimum atomic E-state index is -0.927. The van der Waals surface area contributed by atoms with Crippen molar-refractivity contribution in [3.8, 4) is 0 Å². The number of benzodiazepines with no additional fused rings is 1. The number of hydrogen-bond acceptors (Lipinski definition) is 4. The Labute approximate surface area is 232 Å². The first-order valence-electron chi connectivity index (χ1n) is 12.1. The number of carbonyl (C=O) groups excluding carboxylic acids is 1. The van der Waals surface area contributed by atoms with Crippen LogP contribution in [0.2, 0.25) is 10.0 Å². The molecule has 2 unspecified atom stereocenters. The predicted molar refractivity (Wildman–Crippen MR) is 155 cm³/mol. The lowest BCUT2D eigenvalue weighted by Gasteiger charge is -2.23. The van der Waals surface area contributed by atoms with Crippen molar-refractivity contribution in [1.29, 1.82) is 0 Å². The molecule has 0 aromatic heterocycles. The fourth-order valence-electron chi connectivity index (χ4n) is 4.80. The number of halogens is 2. The normalized spacial score (nSPS) is 19.7. The van der Waals surface area contributed by atoms with Gasteiger partial charge < -0.3 is 15.5 Å². The summed E-state index contributed by atoms with van der Waals surface area (Å²) in [4.78, 5) is 22.3. The first-order valence-corrected chi connectivity index (χ1v) is 13.3. The topological polar surface area (TPSA) is 60.0 Å². The van der Waals surface area contributed by atoms with Crippen LogP contribution in [0.5, 0.6) is 0 Å². The van der Waals surface area contributed by atoms with E-state index in [2.05, 4.69) is 39.8 Å². The highest BCUT2D eigenvalue weighted by Crippen LogP contribution is 2.31. The zero-order chi connectivity index (χ0) is 25.9. The van der Waals surface area contributed by atoms with Gasteiger partial charge in [0.05, 0.1) is 11.4 Å². The van der Waals surface area contributed by atoms with Crippen molar-refractivity contribution < 1.29 is 4.79 Å². The van der Waals surface area contributed by atoms with Gasteiger partial charge in [0.2, 0.25) is 6.17 Å². The van der Waals surface area contributed by atoms with Gasteiger partial charge in [0.1, 0.15) is 0 Å². The largest absolute Gasteiger partial charge is 0.359 e. The van der Waals surface area contributed by atoms with E-state index in [0.29, 0.717) is 32.1 Å². The molecule has 0 radical (unpaired) electrons. The van der Waals surface area contributed by atoms with Gasteiger partial charge in [0.25, 0.3) is 5.91 Å². The number of thiocarbonyl (C=S) groups is 1. The summed E-state index contributed by atoms with van der Waals surface area (Å²) in [5.41, 5.74) is 4.01. The van der Waals surface area contributed by atoms with E-state index in [1.165, 1.54) is 5.56 Å². The monoisotopic (exact) mass is 551 g/mol. The van der Waals surface area contributed by atoms with E-state index in [4.69, 9.17) is 40.4 Å². The minimum absolute atomic E-state index is 0.186. The summed E-state index contributed by atoms with van der Waals surface area (Å²) in [7, 11) is 1.73. The molecule has 2 heterocycles. The highest BCUT2D eigenvalue weighted by molar-refractivity contribution is 7.80. The van der Waals surface area contributed by atoms with E-state index >= 15 is 0 Å². The number of nitrogens with zero attached hydrogens (tertiary/aromatic N) is 3. The molecular weight excluding hydrogens is 525 g/mol. The van der Waals surface area contributed by atoms with Crippen LogP contribution in [0.15, 0.2) is 77.8 Å². The number of benzene rings is 3. The lowest BCUT2D eigenvalue weighted by atomic mass is 10.00. The molecular formula is C28H27Cl2N5OS. The van der Waals surface area contributed by atoms with Crippen molar-refractivity contribution in [2.24, 2.45) is 4.99 Å². The van der Waals surface area contributed by atoms with Crippen LogP contribution in [0.1, 0.15) is 23.1 Å². The molecule has 37 heavy (non-hydrogen) atoms. The first-order chi connectivity index (χ1) is 17.9. The van der Waals surface area contributed by atoms with Crippen LogP contribution in [0, 0.1) is 0 Å². The molecule has 3 aromatic carbocycles. The summed E-state index contributed by atoms with van der Waals surface area (Å²) in [6.45, 7) is 2.75. The number of anilines is 1. The van der Waals surface area contributed by atoms with Crippen LogP contribution in [0.3, 0.4) is 0 Å². The Balaban J connectivity index is 1.35. The summed E-state index contributed by atoms with van der Waals surface area (Å²) < 4.78 is 0. The van der Waals surface area contributed by atoms with E-state index in [1.807, 2.05) is 36.4 Å². The molecule has 2 aliphatic rings. The van der Waals surface area contributed by atoms with E-state index in [1.54, 1.807) is 24.1 Å². The quantitative estimate of drug-likeness (QED) is 0.443. The van der Waals surface area contributed by atoms with Gasteiger partial charge in [-0.1, -0.05) is 71.7 Å². The molecule has 6 nitrogen and oxygen atoms in total. The standard InChI is InChI=1S/C28H27Cl2N5OS/c1-34-24-12-11-19(29)15-22(24)25(21-9-5-6-10-23(21)30)32-26(27(34)36)33-28(37)31-20-13-14-35(17-20)16-18-7-3-2-4-8-18/h2-12,15,20,26H,13-14,16-17H2,1H3,(H2,31,33,37). The molecule has 1 saturated heterocycles. The molecule has 0 saturated carbocycles. The van der Waals surface area contributed by atoms with Crippen LogP contribution >= 0.6 is 35.4 Å². The molecule has 0 aliphatic carbocycles. The molecule has 2 N–H and O–H groups in total. The van der Waals surface area contributed by atoms with Crippen LogP contribution in [-0.2, 0) is 11.3 Å². The third kappa shape index (κ3) is 5.80. The summed E-state index contributed by atoms with van der Waals surface area (Å²) >= 11 is 18.5. The third-order valence-corrected chi connectivity index (χ3v) is 7.45. The molecule has 1 fully saturated rings. The smallest absolute Gasteiger partial charge is 0.272 e. The average molecular weight is 553 g/mol. The van der Waals surface area contributed by atoms with Crippen molar-refractivity contribution in [3.63, 3.8) is 0 Å². The summed E-state index contributed by atoms with van der Waals surface area (Å²) in [6.07, 6.45) is 0.0369. The maximum absolute atomic E-state index is 13.5. The summed E-state index contributed by atoms with van der Waals surface area (Å²) in [5.74, 6) is -0.230. The predicted octanol–water partition coefficient (Wildman–Crippen LogP) is 4.87. The number of carbonyl (C=O) groups is 1. The number of hydrogen-bond donors (Lipinski definition) is 2. The zero-order valence-corrected chi connectivity index (χ0v) is 22.7. The maximum atomic E-state index is 13.5. The number of likely N-dealkylation sites (N-methyl/N-ethyl adjacent to an activating group) is 1. The average Bonchev–Trinajstić information content (AvgIpc) is 3.29. The van der Waals surface area contributed by atoms with Gasteiger partial charge in [0, 0.05) is 53.9 Å². The van der Waals surface area contributed by atoms with Gasteiger partial charge in [-0.05, 0) is 48.5 Å². The Morgan fingerprint density at radius 3 is 2.57 bits per heavy atom. The van der Waals surface area contributed by atoms with Gasteiger partial charge >= 0.3 is 0 Å². The highest BCUT2D eigenvalue weighted by atomic mass is 35.5. The van der Waals surface area contributed by atoms with Crippen molar-refractivity contribution in [1.82, 2.24) is 15.5 Å². The van der Waals surface area contributed by atoms with E-state index in [9.17, 15) is 4.79 Å². The lowest BCUT2D eigenvalue weighted by Crippen LogP contribution is -2.51. The molecule has 9 heteroatoms. The van der Waals surface area contributed by atoms with Crippen LogP contribution in [-0.4, -0.2) is 54.0 Å². The number of rotatable bonds is 5. The second-order valence-corrected chi connectivity index (χ2v) is 10.5. The fourth-order valence-corrected chi connectivity index (χ4v) is 5.47. The van der Waals surface area contributed by atoms with Crippen molar-refractivity contribution in [3.05, 3.63) is 99.5 Å².